The number of para-hydroxylation sites is 1. The van der Waals surface area contributed by atoms with Crippen LogP contribution in [-0.4, -0.2) is 4.98 Å². The number of thiophene rings is 1. The molecular weight excluding hydrogens is 609 g/mol. The van der Waals surface area contributed by atoms with Gasteiger partial charge in [-0.1, -0.05) is 109 Å². The van der Waals surface area contributed by atoms with Crippen molar-refractivity contribution < 1.29 is 8.83 Å². The molecule has 0 fully saturated rings. The Kier molecular flexibility index (Phi) is 6.01. The van der Waals surface area contributed by atoms with Crippen LogP contribution >= 0.6 is 11.3 Å². The molecule has 0 spiro atoms. The lowest BCUT2D eigenvalue weighted by atomic mass is 10.0. The fourth-order valence-corrected chi connectivity index (χ4v) is 8.09. The second kappa shape index (κ2) is 10.7. The highest BCUT2D eigenvalue weighted by Gasteiger charge is 2.26. The van der Waals surface area contributed by atoms with Crippen molar-refractivity contribution >= 4 is 81.6 Å². The lowest BCUT2D eigenvalue weighted by Crippen LogP contribution is -2.10. The summed E-state index contributed by atoms with van der Waals surface area (Å²) in [7, 11) is 0. The highest BCUT2D eigenvalue weighted by molar-refractivity contribution is 7.26. The quantitative estimate of drug-likeness (QED) is 0.189. The zero-order chi connectivity index (χ0) is 31.6. The van der Waals surface area contributed by atoms with Gasteiger partial charge in [0.15, 0.2) is 5.58 Å². The van der Waals surface area contributed by atoms with E-state index in [0.29, 0.717) is 11.5 Å². The van der Waals surface area contributed by atoms with E-state index >= 15 is 0 Å². The van der Waals surface area contributed by atoms with Crippen LogP contribution in [0.3, 0.4) is 0 Å². The van der Waals surface area contributed by atoms with Gasteiger partial charge in [-0.2, -0.15) is 0 Å². The molecule has 0 aliphatic rings. The molecular formula is C43H26N2O2S. The van der Waals surface area contributed by atoms with Crippen LogP contribution in [0.5, 0.6) is 0 Å². The summed E-state index contributed by atoms with van der Waals surface area (Å²) in [5.41, 5.74) is 9.26. The third-order valence-electron chi connectivity index (χ3n) is 9.11. The van der Waals surface area contributed by atoms with Crippen molar-refractivity contribution in [1.29, 1.82) is 0 Å². The van der Waals surface area contributed by atoms with Crippen LogP contribution in [0.15, 0.2) is 167 Å². The maximum Gasteiger partial charge on any atom is 0.227 e. The fourth-order valence-electron chi connectivity index (χ4n) is 6.88. The number of oxazole rings is 1. The topological polar surface area (TPSA) is 42.4 Å². The second-order valence-electron chi connectivity index (χ2n) is 11.9. The standard InChI is InChI=1S/C43H26N2O2S/c1-3-12-27(13-4-1)28-22-24-30(25-23-28)45(34-19-11-18-32-31-16-8-10-21-38(31)48-42(32)34)35-26-37-39(33-17-7-9-20-36(33)46-37)40-41(35)47-43(44-40)29-14-5-2-6-15-29/h1-26H. The number of rotatable bonds is 5. The molecule has 5 heteroatoms. The van der Waals surface area contributed by atoms with Gasteiger partial charge in [0.2, 0.25) is 5.89 Å². The average molecular weight is 635 g/mol. The average Bonchev–Trinajstić information content (AvgIpc) is 3.87. The van der Waals surface area contributed by atoms with Crippen molar-refractivity contribution in [3.8, 4) is 22.6 Å². The van der Waals surface area contributed by atoms with Crippen molar-refractivity contribution in [3.05, 3.63) is 158 Å². The number of anilines is 3. The highest BCUT2D eigenvalue weighted by atomic mass is 32.1. The van der Waals surface area contributed by atoms with E-state index in [1.807, 2.05) is 65.9 Å². The Bertz CT molecular complexity index is 2780. The van der Waals surface area contributed by atoms with Gasteiger partial charge in [-0.3, -0.25) is 0 Å². The van der Waals surface area contributed by atoms with Crippen LogP contribution in [0.4, 0.5) is 17.1 Å². The molecule has 10 aromatic rings. The molecule has 0 radical (unpaired) electrons. The number of aromatic nitrogens is 1. The number of hydrogen-bond donors (Lipinski definition) is 0. The minimum Gasteiger partial charge on any atom is -0.456 e. The molecule has 0 bridgehead atoms. The van der Waals surface area contributed by atoms with Crippen LogP contribution < -0.4 is 4.90 Å². The number of nitrogens with zero attached hydrogens (tertiary/aromatic N) is 2. The lowest BCUT2D eigenvalue weighted by Gasteiger charge is -2.26. The van der Waals surface area contributed by atoms with Crippen LogP contribution in [0, 0.1) is 0 Å². The Labute approximate surface area is 279 Å². The summed E-state index contributed by atoms with van der Waals surface area (Å²) in [4.78, 5) is 7.47. The molecule has 0 aliphatic carbocycles. The number of hydrogen-bond acceptors (Lipinski definition) is 5. The fraction of sp³-hybridized carbons (Fsp3) is 0. The van der Waals surface area contributed by atoms with Crippen LogP contribution in [-0.2, 0) is 0 Å². The monoisotopic (exact) mass is 634 g/mol. The summed E-state index contributed by atoms with van der Waals surface area (Å²) >= 11 is 1.81. The Morgan fingerprint density at radius 3 is 1.98 bits per heavy atom. The predicted molar refractivity (Wildman–Crippen MR) is 200 cm³/mol. The summed E-state index contributed by atoms with van der Waals surface area (Å²) in [5, 5.41) is 4.45. The van der Waals surface area contributed by atoms with E-state index in [-0.39, 0.29) is 0 Å². The first-order valence-corrected chi connectivity index (χ1v) is 16.8. The van der Waals surface area contributed by atoms with Crippen molar-refractivity contribution in [3.63, 3.8) is 0 Å². The van der Waals surface area contributed by atoms with Crippen LogP contribution in [0.1, 0.15) is 0 Å². The van der Waals surface area contributed by atoms with E-state index in [4.69, 9.17) is 13.8 Å². The van der Waals surface area contributed by atoms with E-state index < -0.39 is 0 Å². The summed E-state index contributed by atoms with van der Waals surface area (Å²) in [5.74, 6) is 0.573. The zero-order valence-corrected chi connectivity index (χ0v) is 26.4. The first kappa shape index (κ1) is 27.0. The third-order valence-corrected chi connectivity index (χ3v) is 10.3. The van der Waals surface area contributed by atoms with Crippen molar-refractivity contribution in [1.82, 2.24) is 4.98 Å². The first-order valence-electron chi connectivity index (χ1n) is 16.0. The molecule has 4 nitrogen and oxygen atoms in total. The molecule has 0 amide bonds. The lowest BCUT2D eigenvalue weighted by molar-refractivity contribution is 0.620. The molecule has 48 heavy (non-hydrogen) atoms. The predicted octanol–water partition coefficient (Wildman–Crippen LogP) is 12.9. The zero-order valence-electron chi connectivity index (χ0n) is 25.6. The van der Waals surface area contributed by atoms with Gasteiger partial charge in [-0.15, -0.1) is 11.3 Å². The SMILES string of the molecule is c1ccc(-c2ccc(N(c3cc4oc5ccccc5c4c4nc(-c5ccccc5)oc34)c3cccc4c3sc3ccccc34)cc2)cc1. The van der Waals surface area contributed by atoms with E-state index in [1.54, 1.807) is 0 Å². The normalized spacial score (nSPS) is 11.8. The molecule has 7 aromatic carbocycles. The van der Waals surface area contributed by atoms with E-state index in [9.17, 15) is 0 Å². The minimum atomic E-state index is 0.573. The number of benzene rings is 7. The van der Waals surface area contributed by atoms with Gasteiger partial charge < -0.3 is 13.7 Å². The van der Waals surface area contributed by atoms with Gasteiger partial charge in [0.25, 0.3) is 0 Å². The molecule has 0 atom stereocenters. The number of furan rings is 1. The number of fused-ring (bicyclic) bond motifs is 8. The summed E-state index contributed by atoms with van der Waals surface area (Å²) in [6, 6.07) is 54.8. The molecule has 226 valence electrons. The molecule has 3 heterocycles. The Balaban J connectivity index is 1.29. The third kappa shape index (κ3) is 4.18. The minimum absolute atomic E-state index is 0.573. The maximum atomic E-state index is 6.81. The van der Waals surface area contributed by atoms with Gasteiger partial charge in [0.1, 0.15) is 16.7 Å². The van der Waals surface area contributed by atoms with Crippen molar-refractivity contribution in [2.24, 2.45) is 0 Å². The first-order chi connectivity index (χ1) is 23.8. The van der Waals surface area contributed by atoms with Gasteiger partial charge in [-0.25, -0.2) is 4.98 Å². The molecule has 0 N–H and O–H groups in total. The largest absolute Gasteiger partial charge is 0.456 e. The van der Waals surface area contributed by atoms with Crippen molar-refractivity contribution in [2.45, 2.75) is 0 Å². The van der Waals surface area contributed by atoms with Crippen LogP contribution in [0.2, 0.25) is 0 Å². The van der Waals surface area contributed by atoms with Crippen molar-refractivity contribution in [2.75, 3.05) is 4.90 Å². The Morgan fingerprint density at radius 1 is 0.500 bits per heavy atom. The summed E-state index contributed by atoms with van der Waals surface area (Å²) in [6.07, 6.45) is 0. The summed E-state index contributed by atoms with van der Waals surface area (Å²) < 4.78 is 15.8. The van der Waals surface area contributed by atoms with E-state index in [0.717, 1.165) is 55.6 Å². The van der Waals surface area contributed by atoms with Gasteiger partial charge in [-0.05, 0) is 53.6 Å². The second-order valence-corrected chi connectivity index (χ2v) is 13.0. The summed E-state index contributed by atoms with van der Waals surface area (Å²) in [6.45, 7) is 0. The highest BCUT2D eigenvalue weighted by Crippen LogP contribution is 2.49. The van der Waals surface area contributed by atoms with E-state index in [2.05, 4.69) is 108 Å². The molecule has 0 unspecified atom stereocenters. The van der Waals surface area contributed by atoms with E-state index in [1.165, 1.54) is 25.7 Å². The smallest absolute Gasteiger partial charge is 0.227 e. The van der Waals surface area contributed by atoms with Gasteiger partial charge in [0.05, 0.1) is 21.5 Å². The molecule has 0 aliphatic heterocycles. The van der Waals surface area contributed by atoms with Gasteiger partial charge >= 0.3 is 0 Å². The Morgan fingerprint density at radius 2 is 1.17 bits per heavy atom. The molecule has 3 aromatic heterocycles. The molecule has 10 rings (SSSR count). The Hall–Kier alpha value is -6.17. The molecule has 0 saturated heterocycles. The molecule has 0 saturated carbocycles. The van der Waals surface area contributed by atoms with Gasteiger partial charge in [0, 0.05) is 38.2 Å². The van der Waals surface area contributed by atoms with Crippen LogP contribution in [0.25, 0.3) is 75.8 Å². The maximum absolute atomic E-state index is 6.81.